The number of quaternary nitrogens is 1. The minimum Gasteiger partial charge on any atom is -0.320 e. The molecular weight excluding hydrogens is 481 g/mol. The second-order valence-electron chi connectivity index (χ2n) is 8.55. The van der Waals surface area contributed by atoms with E-state index in [0.29, 0.717) is 0 Å². The van der Waals surface area contributed by atoms with Crippen molar-refractivity contribution in [2.75, 3.05) is 25.0 Å². The molecule has 5 heteroatoms. The molecule has 2 aromatic carbocycles. The van der Waals surface area contributed by atoms with Gasteiger partial charge in [-0.05, 0) is 57.4 Å². The molecule has 1 saturated heterocycles. The third-order valence-corrected chi connectivity index (χ3v) is 6.52. The quantitative estimate of drug-likeness (QED) is 0.424. The van der Waals surface area contributed by atoms with E-state index >= 15 is 0 Å². The second kappa shape index (κ2) is 13.7. The van der Waals surface area contributed by atoms with E-state index in [0.717, 1.165) is 58.8 Å². The van der Waals surface area contributed by atoms with Gasteiger partial charge in [0.2, 0.25) is 0 Å². The monoisotopic (exact) mass is 518 g/mol. The minimum absolute atomic E-state index is 0. The van der Waals surface area contributed by atoms with Crippen LogP contribution in [0.25, 0.3) is 0 Å². The van der Waals surface area contributed by atoms with Crippen molar-refractivity contribution in [1.82, 2.24) is 0 Å². The number of halogens is 1. The van der Waals surface area contributed by atoms with Gasteiger partial charge in [-0.2, -0.15) is 0 Å². The van der Waals surface area contributed by atoms with Crippen molar-refractivity contribution < 1.29 is 42.0 Å². The maximum absolute atomic E-state index is 13.1. The van der Waals surface area contributed by atoms with E-state index in [2.05, 4.69) is 38.2 Å². The summed E-state index contributed by atoms with van der Waals surface area (Å²) < 4.78 is 0.950. The largest absolute Gasteiger partial charge is 0.320 e. The summed E-state index contributed by atoms with van der Waals surface area (Å²) in [5, 5.41) is 3.94. The zero-order valence-corrected chi connectivity index (χ0v) is 23.5. The number of carbonyl (C=O) groups is 1. The Labute approximate surface area is 219 Å². The van der Waals surface area contributed by atoms with E-state index in [1.807, 2.05) is 44.2 Å². The number of likely N-dealkylation sites (tertiary alicyclic amines) is 1. The Morgan fingerprint density at radius 3 is 2.00 bits per heavy atom. The number of hydrogen-bond acceptors (Lipinski definition) is 1. The molecule has 3 nitrogen and oxygen atoms in total. The molecule has 0 aromatic heterocycles. The average Bonchev–Trinajstić information content (AvgIpc) is 3.20. The zero-order valence-electron chi connectivity index (χ0n) is 19.9. The van der Waals surface area contributed by atoms with Crippen LogP contribution >= 0.6 is 11.6 Å². The van der Waals surface area contributed by atoms with Crippen molar-refractivity contribution in [3.63, 3.8) is 0 Å². The van der Waals surface area contributed by atoms with E-state index in [1.165, 1.54) is 18.4 Å². The van der Waals surface area contributed by atoms with Gasteiger partial charge < -0.3 is 9.80 Å². The van der Waals surface area contributed by atoms with Crippen LogP contribution in [0.4, 0.5) is 5.69 Å². The first-order valence-corrected chi connectivity index (χ1v) is 11.7. The Morgan fingerprint density at radius 2 is 1.58 bits per heavy atom. The number of rotatable bonds is 6. The van der Waals surface area contributed by atoms with Gasteiger partial charge in [-0.25, -0.2) is 0 Å². The topological polar surface area (TPSA) is 29.1 Å². The fourth-order valence-corrected chi connectivity index (χ4v) is 4.92. The van der Waals surface area contributed by atoms with Crippen LogP contribution in [-0.4, -0.2) is 36.1 Å². The van der Waals surface area contributed by atoms with Crippen LogP contribution in [0.15, 0.2) is 42.5 Å². The molecule has 1 atom stereocenters. The molecule has 1 radical (unpaired) electrons. The number of nitrogens with one attached hydrogen (secondary N) is 1. The van der Waals surface area contributed by atoms with Crippen molar-refractivity contribution in [2.24, 2.45) is 0 Å². The number of aryl methyl sites for hydroxylation is 3. The molecule has 0 spiro atoms. The number of hydrogen-bond donors (Lipinski definition) is 1. The fraction of sp³-hybridized carbons (Fsp3) is 0.500. The molecule has 2 aromatic rings. The molecule has 1 aliphatic heterocycles. The molecule has 1 unspecified atom stereocenters. The first-order valence-electron chi connectivity index (χ1n) is 11.3. The Kier molecular flexibility index (Phi) is 12.5. The normalized spacial score (nSPS) is 15.3. The standard InChI is InChI=1S/C19H29ClN2O.C7H8.Y/c1-5-9-17(22(6-2)10-7-8-11-22)19(23)21-18-14(3)12-16(20)13-15(18)4;1-7-5-3-2-4-6-7;/h12-13,17H,5-11H2,1-4H3;2-6H,1H3;/p+1. The zero-order chi connectivity index (χ0) is 22.1. The predicted molar refractivity (Wildman–Crippen MR) is 129 cm³/mol. The van der Waals surface area contributed by atoms with Crippen molar-refractivity contribution in [2.45, 2.75) is 66.3 Å². The summed E-state index contributed by atoms with van der Waals surface area (Å²) in [6.45, 7) is 13.8. The third-order valence-electron chi connectivity index (χ3n) is 6.30. The van der Waals surface area contributed by atoms with Crippen LogP contribution < -0.4 is 5.32 Å². The van der Waals surface area contributed by atoms with E-state index < -0.39 is 0 Å². The molecule has 1 amide bonds. The molecule has 167 valence electrons. The van der Waals surface area contributed by atoms with Gasteiger partial charge in [0, 0.05) is 62.7 Å². The molecule has 0 bridgehead atoms. The summed E-state index contributed by atoms with van der Waals surface area (Å²) in [5.74, 6) is 0.170. The molecule has 3 rings (SSSR count). The van der Waals surface area contributed by atoms with E-state index in [-0.39, 0.29) is 44.7 Å². The maximum Gasteiger partial charge on any atom is 0.282 e. The van der Waals surface area contributed by atoms with Crippen LogP contribution in [0.1, 0.15) is 56.2 Å². The molecule has 1 aliphatic rings. The SMILES string of the molecule is CCCC(C(=O)Nc1c(C)cc(Cl)cc1C)[N+]1(CC)CCCC1.Cc1ccccc1.[Y]. The van der Waals surface area contributed by atoms with Gasteiger partial charge >= 0.3 is 0 Å². The summed E-state index contributed by atoms with van der Waals surface area (Å²) in [7, 11) is 0. The van der Waals surface area contributed by atoms with E-state index in [4.69, 9.17) is 11.6 Å². The van der Waals surface area contributed by atoms with Gasteiger partial charge in [0.1, 0.15) is 0 Å². The Hall–Kier alpha value is -0.736. The molecule has 0 aliphatic carbocycles. The number of amides is 1. The molecule has 0 saturated carbocycles. The van der Waals surface area contributed by atoms with Crippen LogP contribution in [0.3, 0.4) is 0 Å². The molecule has 31 heavy (non-hydrogen) atoms. The van der Waals surface area contributed by atoms with Crippen molar-refractivity contribution >= 4 is 23.2 Å². The Morgan fingerprint density at radius 1 is 1.03 bits per heavy atom. The summed E-state index contributed by atoms with van der Waals surface area (Å²) in [6, 6.07) is 14.2. The van der Waals surface area contributed by atoms with Crippen LogP contribution in [0, 0.1) is 20.8 Å². The first-order chi connectivity index (χ1) is 14.3. The first kappa shape index (κ1) is 28.3. The van der Waals surface area contributed by atoms with Crippen LogP contribution in [0.5, 0.6) is 0 Å². The number of anilines is 1. The Bertz CT molecular complexity index is 796. The van der Waals surface area contributed by atoms with Gasteiger partial charge in [0.15, 0.2) is 6.04 Å². The predicted octanol–water partition coefficient (Wildman–Crippen LogP) is 6.69. The second-order valence-corrected chi connectivity index (χ2v) is 8.99. The fourth-order valence-electron chi connectivity index (χ4n) is 4.59. The van der Waals surface area contributed by atoms with Gasteiger partial charge in [-0.3, -0.25) is 4.79 Å². The van der Waals surface area contributed by atoms with Gasteiger partial charge in [-0.15, -0.1) is 0 Å². The van der Waals surface area contributed by atoms with Gasteiger partial charge in [0.25, 0.3) is 5.91 Å². The Balaban J connectivity index is 0.000000510. The van der Waals surface area contributed by atoms with E-state index in [9.17, 15) is 4.79 Å². The van der Waals surface area contributed by atoms with Crippen molar-refractivity contribution in [3.05, 3.63) is 64.2 Å². The van der Waals surface area contributed by atoms with Crippen molar-refractivity contribution in [1.29, 1.82) is 0 Å². The van der Waals surface area contributed by atoms with Gasteiger partial charge in [-0.1, -0.05) is 54.4 Å². The summed E-state index contributed by atoms with van der Waals surface area (Å²) in [4.78, 5) is 13.1. The van der Waals surface area contributed by atoms with Gasteiger partial charge in [0.05, 0.1) is 19.6 Å². The van der Waals surface area contributed by atoms with E-state index in [1.54, 1.807) is 0 Å². The van der Waals surface area contributed by atoms with Crippen LogP contribution in [0.2, 0.25) is 5.02 Å². The summed E-state index contributed by atoms with van der Waals surface area (Å²) >= 11 is 6.10. The number of likely N-dealkylation sites (N-methyl/N-ethyl adjacent to an activating group) is 1. The number of nitrogens with zero attached hydrogens (tertiary/aromatic N) is 1. The summed E-state index contributed by atoms with van der Waals surface area (Å²) in [6.07, 6.45) is 4.46. The van der Waals surface area contributed by atoms with Crippen molar-refractivity contribution in [3.8, 4) is 0 Å². The minimum atomic E-state index is 0. The number of carbonyl (C=O) groups excluding carboxylic acids is 1. The maximum atomic E-state index is 13.1. The molecule has 1 fully saturated rings. The third kappa shape index (κ3) is 7.96. The summed E-state index contributed by atoms with van der Waals surface area (Å²) in [5.41, 5.74) is 4.31. The molecular formula is C26H38ClN2OY+. The smallest absolute Gasteiger partial charge is 0.282 e. The number of benzene rings is 2. The van der Waals surface area contributed by atoms with Crippen LogP contribution in [-0.2, 0) is 37.5 Å². The molecule has 1 heterocycles. The average molecular weight is 519 g/mol. The molecule has 1 N–H and O–H groups in total.